The number of carbonyl (C=O) groups is 1. The maximum atomic E-state index is 14.0. The molecule has 1 aliphatic heterocycles. The van der Waals surface area contributed by atoms with E-state index in [1.165, 1.54) is 6.07 Å². The zero-order valence-electron chi connectivity index (χ0n) is 16.9. The summed E-state index contributed by atoms with van der Waals surface area (Å²) in [5, 5.41) is 4.15. The largest absolute Gasteiger partial charge is 0.379 e. The Morgan fingerprint density at radius 2 is 1.97 bits per heavy atom. The van der Waals surface area contributed by atoms with Gasteiger partial charge in [0.15, 0.2) is 5.82 Å². The lowest BCUT2D eigenvalue weighted by molar-refractivity contribution is 0.0342. The van der Waals surface area contributed by atoms with Crippen LogP contribution in [0, 0.1) is 11.6 Å². The highest BCUT2D eigenvalue weighted by atomic mass is 32.1. The molecule has 1 fully saturated rings. The molecular weight excluding hydrogens is 436 g/mol. The van der Waals surface area contributed by atoms with Gasteiger partial charge >= 0.3 is 0 Å². The Kier molecular flexibility index (Phi) is 5.64. The molecule has 0 aliphatic carbocycles. The number of ether oxygens (including phenoxy) is 1. The Balaban J connectivity index is 1.39. The van der Waals surface area contributed by atoms with Crippen LogP contribution in [-0.4, -0.2) is 51.5 Å². The number of carbonyl (C=O) groups excluding carboxylic acids is 1. The standard InChI is InChI=1S/C22H19F2N5O2S/c23-14-2-1-3-15(24)19(14)22(30)27-18-12-32-28-20(18)21-25-16-5-4-13(10-17(16)26-21)11-29-6-8-31-9-7-29/h1-5,10,12H,6-9,11H2,(H,25,26)(H,27,30). The minimum Gasteiger partial charge on any atom is -0.379 e. The number of hydrogen-bond donors (Lipinski definition) is 2. The molecule has 7 nitrogen and oxygen atoms in total. The lowest BCUT2D eigenvalue weighted by Gasteiger charge is -2.26. The number of aromatic nitrogens is 3. The maximum Gasteiger partial charge on any atom is 0.261 e. The molecular formula is C22H19F2N5O2S. The van der Waals surface area contributed by atoms with Gasteiger partial charge in [-0.05, 0) is 41.4 Å². The van der Waals surface area contributed by atoms with Crippen molar-refractivity contribution >= 4 is 34.2 Å². The van der Waals surface area contributed by atoms with E-state index in [9.17, 15) is 13.6 Å². The Morgan fingerprint density at radius 1 is 1.19 bits per heavy atom. The van der Waals surface area contributed by atoms with E-state index in [-0.39, 0.29) is 0 Å². The van der Waals surface area contributed by atoms with Crippen molar-refractivity contribution in [2.75, 3.05) is 31.6 Å². The average molecular weight is 455 g/mol. The van der Waals surface area contributed by atoms with Crippen molar-refractivity contribution in [3.63, 3.8) is 0 Å². The predicted molar refractivity (Wildman–Crippen MR) is 118 cm³/mol. The van der Waals surface area contributed by atoms with Gasteiger partial charge in [0.25, 0.3) is 5.91 Å². The molecule has 1 saturated heterocycles. The summed E-state index contributed by atoms with van der Waals surface area (Å²) >= 11 is 1.11. The van der Waals surface area contributed by atoms with Crippen LogP contribution in [0.25, 0.3) is 22.6 Å². The monoisotopic (exact) mass is 455 g/mol. The van der Waals surface area contributed by atoms with Crippen LogP contribution >= 0.6 is 11.5 Å². The SMILES string of the molecule is O=C(Nc1csnc1-c1nc2ccc(CN3CCOCC3)cc2[nH]1)c1c(F)cccc1F. The third-order valence-corrected chi connectivity index (χ3v) is 5.92. The van der Waals surface area contributed by atoms with E-state index < -0.39 is 23.1 Å². The van der Waals surface area contributed by atoms with Gasteiger partial charge in [-0.3, -0.25) is 9.69 Å². The number of hydrogen-bond acceptors (Lipinski definition) is 6. The van der Waals surface area contributed by atoms with Gasteiger partial charge in [-0.1, -0.05) is 12.1 Å². The van der Waals surface area contributed by atoms with E-state index in [1.807, 2.05) is 18.2 Å². The zero-order chi connectivity index (χ0) is 22.1. The number of imidazole rings is 1. The fourth-order valence-corrected chi connectivity index (χ4v) is 4.30. The van der Waals surface area contributed by atoms with Gasteiger partial charge in [-0.15, -0.1) is 0 Å². The molecule has 3 heterocycles. The number of benzene rings is 2. The van der Waals surface area contributed by atoms with Crippen molar-refractivity contribution in [2.24, 2.45) is 0 Å². The number of nitrogens with zero attached hydrogens (tertiary/aromatic N) is 3. The van der Waals surface area contributed by atoms with Crippen molar-refractivity contribution in [1.29, 1.82) is 0 Å². The molecule has 0 saturated carbocycles. The van der Waals surface area contributed by atoms with Crippen LogP contribution in [0.4, 0.5) is 14.5 Å². The highest BCUT2D eigenvalue weighted by Crippen LogP contribution is 2.29. The van der Waals surface area contributed by atoms with E-state index in [0.717, 1.165) is 73.1 Å². The highest BCUT2D eigenvalue weighted by molar-refractivity contribution is 7.04. The van der Waals surface area contributed by atoms with Gasteiger partial charge in [-0.2, -0.15) is 4.37 Å². The Bertz CT molecular complexity index is 1260. The fourth-order valence-electron chi connectivity index (χ4n) is 3.68. The van der Waals surface area contributed by atoms with Crippen molar-refractivity contribution in [3.8, 4) is 11.5 Å². The van der Waals surface area contributed by atoms with Crippen LogP contribution in [0.3, 0.4) is 0 Å². The molecule has 4 aromatic rings. The maximum absolute atomic E-state index is 14.0. The smallest absolute Gasteiger partial charge is 0.261 e. The second kappa shape index (κ2) is 8.73. The Morgan fingerprint density at radius 3 is 2.75 bits per heavy atom. The Hall–Kier alpha value is -3.21. The van der Waals surface area contributed by atoms with Gasteiger partial charge in [0.2, 0.25) is 0 Å². The topological polar surface area (TPSA) is 83.1 Å². The van der Waals surface area contributed by atoms with Crippen LogP contribution in [0.2, 0.25) is 0 Å². The zero-order valence-corrected chi connectivity index (χ0v) is 17.7. The van der Waals surface area contributed by atoms with Crippen molar-refractivity contribution in [1.82, 2.24) is 19.2 Å². The second-order valence-electron chi connectivity index (χ2n) is 7.45. The predicted octanol–water partition coefficient (Wildman–Crippen LogP) is 4.05. The lowest BCUT2D eigenvalue weighted by Crippen LogP contribution is -2.35. The number of rotatable bonds is 5. The Labute approximate surface area is 186 Å². The van der Waals surface area contributed by atoms with Gasteiger partial charge in [-0.25, -0.2) is 13.8 Å². The fraction of sp³-hybridized carbons (Fsp3) is 0.227. The molecule has 2 aromatic carbocycles. The van der Waals surface area contributed by atoms with Crippen LogP contribution < -0.4 is 5.32 Å². The van der Waals surface area contributed by atoms with Crippen LogP contribution in [0.5, 0.6) is 0 Å². The number of amides is 1. The third kappa shape index (κ3) is 4.12. The number of morpholine rings is 1. The second-order valence-corrected chi connectivity index (χ2v) is 8.08. The first-order valence-electron chi connectivity index (χ1n) is 10.1. The summed E-state index contributed by atoms with van der Waals surface area (Å²) in [6.07, 6.45) is 0. The summed E-state index contributed by atoms with van der Waals surface area (Å²) in [4.78, 5) is 22.6. The average Bonchev–Trinajstić information content (AvgIpc) is 3.40. The molecule has 0 bridgehead atoms. The first-order valence-corrected chi connectivity index (χ1v) is 10.9. The summed E-state index contributed by atoms with van der Waals surface area (Å²) in [5.41, 5.74) is 2.85. The summed E-state index contributed by atoms with van der Waals surface area (Å²) in [5.74, 6) is -2.27. The summed E-state index contributed by atoms with van der Waals surface area (Å²) < 4.78 is 37.6. The molecule has 0 unspecified atom stereocenters. The number of H-pyrrole nitrogens is 1. The van der Waals surface area contributed by atoms with E-state index in [1.54, 1.807) is 5.38 Å². The van der Waals surface area contributed by atoms with Crippen molar-refractivity contribution in [2.45, 2.75) is 6.54 Å². The summed E-state index contributed by atoms with van der Waals surface area (Å²) in [7, 11) is 0. The molecule has 0 atom stereocenters. The van der Waals surface area contributed by atoms with Crippen LogP contribution in [0.15, 0.2) is 41.8 Å². The number of halogens is 2. The van der Waals surface area contributed by atoms with Crippen LogP contribution in [-0.2, 0) is 11.3 Å². The third-order valence-electron chi connectivity index (χ3n) is 5.29. The number of fused-ring (bicyclic) bond motifs is 1. The molecule has 2 N–H and O–H groups in total. The first kappa shape index (κ1) is 20.7. The van der Waals surface area contributed by atoms with E-state index >= 15 is 0 Å². The summed E-state index contributed by atoms with van der Waals surface area (Å²) in [6.45, 7) is 4.10. The van der Waals surface area contributed by atoms with Gasteiger partial charge in [0, 0.05) is 25.0 Å². The molecule has 10 heteroatoms. The molecule has 0 spiro atoms. The highest BCUT2D eigenvalue weighted by Gasteiger charge is 2.21. The van der Waals surface area contributed by atoms with Crippen molar-refractivity contribution < 1.29 is 18.3 Å². The molecule has 5 rings (SSSR count). The normalized spacial score (nSPS) is 14.7. The minimum atomic E-state index is -0.927. The number of nitrogens with one attached hydrogen (secondary N) is 2. The molecule has 0 radical (unpaired) electrons. The van der Waals surface area contributed by atoms with E-state index in [4.69, 9.17) is 4.74 Å². The van der Waals surface area contributed by atoms with E-state index in [2.05, 4.69) is 24.6 Å². The molecule has 32 heavy (non-hydrogen) atoms. The minimum absolute atomic E-state index is 0.329. The lowest BCUT2D eigenvalue weighted by atomic mass is 10.2. The van der Waals surface area contributed by atoms with Crippen molar-refractivity contribution in [3.05, 3.63) is 64.5 Å². The number of aromatic amines is 1. The van der Waals surface area contributed by atoms with Gasteiger partial charge in [0.1, 0.15) is 22.9 Å². The van der Waals surface area contributed by atoms with Crippen LogP contribution in [0.1, 0.15) is 15.9 Å². The molecule has 1 amide bonds. The summed E-state index contributed by atoms with van der Waals surface area (Å²) in [6, 6.07) is 9.30. The molecule has 1 aliphatic rings. The molecule has 164 valence electrons. The molecule has 2 aromatic heterocycles. The van der Waals surface area contributed by atoms with Gasteiger partial charge < -0.3 is 15.0 Å². The first-order chi connectivity index (χ1) is 15.6. The van der Waals surface area contributed by atoms with E-state index in [0.29, 0.717) is 17.2 Å². The van der Waals surface area contributed by atoms with Gasteiger partial charge in [0.05, 0.1) is 29.9 Å². The quantitative estimate of drug-likeness (QED) is 0.475. The number of anilines is 1.